The van der Waals surface area contributed by atoms with Crippen LogP contribution < -0.4 is 11.1 Å². The van der Waals surface area contributed by atoms with Crippen LogP contribution in [0.5, 0.6) is 0 Å². The van der Waals surface area contributed by atoms with Crippen LogP contribution in [0, 0.1) is 0 Å². The molecule has 0 unspecified atom stereocenters. The Bertz CT molecular complexity index is 420. The van der Waals surface area contributed by atoms with Gasteiger partial charge in [-0.1, -0.05) is 19.1 Å². The van der Waals surface area contributed by atoms with E-state index in [0.29, 0.717) is 17.9 Å². The second-order valence-electron chi connectivity index (χ2n) is 5.21. The molecule has 1 aromatic rings. The molecule has 1 amide bonds. The molecule has 20 heavy (non-hydrogen) atoms. The zero-order chi connectivity index (χ0) is 15.0. The molecule has 3 N–H and O–H groups in total. The van der Waals surface area contributed by atoms with Gasteiger partial charge in [0.25, 0.3) is 0 Å². The molecule has 0 saturated heterocycles. The van der Waals surface area contributed by atoms with Gasteiger partial charge in [0, 0.05) is 13.1 Å². The van der Waals surface area contributed by atoms with E-state index in [2.05, 4.69) is 22.0 Å². The highest BCUT2D eigenvalue weighted by Crippen LogP contribution is 2.16. The maximum Gasteiger partial charge on any atom is 0.238 e. The number of nitrogens with two attached hydrogens (primary N) is 1. The van der Waals surface area contributed by atoms with Gasteiger partial charge >= 0.3 is 0 Å². The number of benzene rings is 1. The van der Waals surface area contributed by atoms with Crippen molar-refractivity contribution >= 4 is 17.3 Å². The minimum atomic E-state index is -0.0184. The van der Waals surface area contributed by atoms with Crippen LogP contribution in [0.3, 0.4) is 0 Å². The number of carbonyl (C=O) groups excluding carboxylic acids is 1. The Kier molecular flexibility index (Phi) is 7.04. The summed E-state index contributed by atoms with van der Waals surface area (Å²) in [7, 11) is 4.07. The van der Waals surface area contributed by atoms with Gasteiger partial charge in [-0.25, -0.2) is 0 Å². The summed E-state index contributed by atoms with van der Waals surface area (Å²) < 4.78 is 0. The highest BCUT2D eigenvalue weighted by molar-refractivity contribution is 5.95. The summed E-state index contributed by atoms with van der Waals surface area (Å²) in [6.07, 6.45) is 1.04. The standard InChI is InChI=1S/C15H26N4O/c1-4-9-19(11-10-18(2)3)12-15(20)17-14-8-6-5-7-13(14)16/h5-8H,4,9-12,16H2,1-3H3,(H,17,20). The predicted molar refractivity (Wildman–Crippen MR) is 84.8 cm³/mol. The number of para-hydroxylation sites is 2. The molecule has 112 valence electrons. The van der Waals surface area contributed by atoms with Crippen LogP contribution in [-0.2, 0) is 4.79 Å². The van der Waals surface area contributed by atoms with E-state index in [4.69, 9.17) is 5.73 Å². The van der Waals surface area contributed by atoms with E-state index >= 15 is 0 Å². The summed E-state index contributed by atoms with van der Waals surface area (Å²) in [5.41, 5.74) is 7.10. The van der Waals surface area contributed by atoms with Crippen molar-refractivity contribution in [2.45, 2.75) is 13.3 Å². The average molecular weight is 278 g/mol. The molecule has 0 fully saturated rings. The first-order valence-corrected chi connectivity index (χ1v) is 7.04. The molecule has 0 aliphatic carbocycles. The third-order valence-electron chi connectivity index (χ3n) is 3.01. The van der Waals surface area contributed by atoms with E-state index in [-0.39, 0.29) is 5.91 Å². The third-order valence-corrected chi connectivity index (χ3v) is 3.01. The zero-order valence-corrected chi connectivity index (χ0v) is 12.7. The second-order valence-corrected chi connectivity index (χ2v) is 5.21. The van der Waals surface area contributed by atoms with E-state index < -0.39 is 0 Å². The fourth-order valence-electron chi connectivity index (χ4n) is 1.93. The van der Waals surface area contributed by atoms with Gasteiger partial charge in [0.1, 0.15) is 0 Å². The zero-order valence-electron chi connectivity index (χ0n) is 12.7. The molecule has 0 saturated carbocycles. The van der Waals surface area contributed by atoms with Gasteiger partial charge in [-0.3, -0.25) is 9.69 Å². The highest BCUT2D eigenvalue weighted by Gasteiger charge is 2.11. The molecule has 0 spiro atoms. The smallest absolute Gasteiger partial charge is 0.238 e. The normalized spacial score (nSPS) is 11.1. The molecule has 1 aromatic carbocycles. The first kappa shape index (κ1) is 16.5. The maximum atomic E-state index is 12.1. The number of likely N-dealkylation sites (N-methyl/N-ethyl adjacent to an activating group) is 1. The fourth-order valence-corrected chi connectivity index (χ4v) is 1.93. The topological polar surface area (TPSA) is 61.6 Å². The molecule has 0 bridgehead atoms. The first-order chi connectivity index (χ1) is 9.52. The Morgan fingerprint density at radius 3 is 2.50 bits per heavy atom. The summed E-state index contributed by atoms with van der Waals surface area (Å²) >= 11 is 0. The first-order valence-electron chi connectivity index (χ1n) is 7.04. The molecule has 0 heterocycles. The number of nitrogen functional groups attached to an aromatic ring is 1. The Balaban J connectivity index is 2.51. The summed E-state index contributed by atoms with van der Waals surface area (Å²) in [4.78, 5) is 16.4. The average Bonchev–Trinajstić information content (AvgIpc) is 2.39. The van der Waals surface area contributed by atoms with Gasteiger partial charge in [-0.15, -0.1) is 0 Å². The number of anilines is 2. The van der Waals surface area contributed by atoms with Crippen LogP contribution in [0.2, 0.25) is 0 Å². The van der Waals surface area contributed by atoms with E-state index in [1.165, 1.54) is 0 Å². The van der Waals surface area contributed by atoms with Crippen molar-refractivity contribution in [2.24, 2.45) is 0 Å². The lowest BCUT2D eigenvalue weighted by atomic mass is 10.2. The van der Waals surface area contributed by atoms with E-state index in [1.807, 2.05) is 32.3 Å². The van der Waals surface area contributed by atoms with Crippen molar-refractivity contribution in [3.05, 3.63) is 24.3 Å². The highest BCUT2D eigenvalue weighted by atomic mass is 16.2. The van der Waals surface area contributed by atoms with Crippen LogP contribution in [0.4, 0.5) is 11.4 Å². The minimum absolute atomic E-state index is 0.0184. The number of hydrogen-bond donors (Lipinski definition) is 2. The van der Waals surface area contributed by atoms with Crippen molar-refractivity contribution in [1.82, 2.24) is 9.80 Å². The number of nitrogens with zero attached hydrogens (tertiary/aromatic N) is 2. The van der Waals surface area contributed by atoms with Crippen LogP contribution in [0.15, 0.2) is 24.3 Å². The molecule has 0 aliphatic rings. The van der Waals surface area contributed by atoms with Crippen molar-refractivity contribution in [3.8, 4) is 0 Å². The van der Waals surface area contributed by atoms with Crippen molar-refractivity contribution in [1.29, 1.82) is 0 Å². The van der Waals surface area contributed by atoms with Gasteiger partial charge in [0.15, 0.2) is 0 Å². The van der Waals surface area contributed by atoms with Gasteiger partial charge < -0.3 is 16.0 Å². The SMILES string of the molecule is CCCN(CCN(C)C)CC(=O)Nc1ccccc1N. The van der Waals surface area contributed by atoms with Gasteiger partial charge in [-0.2, -0.15) is 0 Å². The lowest BCUT2D eigenvalue weighted by Gasteiger charge is -2.23. The number of rotatable bonds is 8. The molecular formula is C15H26N4O. The Hall–Kier alpha value is -1.59. The monoisotopic (exact) mass is 278 g/mol. The molecule has 1 rings (SSSR count). The number of carbonyl (C=O) groups is 1. The number of hydrogen-bond acceptors (Lipinski definition) is 4. The Labute approximate surface area is 121 Å². The lowest BCUT2D eigenvalue weighted by Crippen LogP contribution is -2.38. The second kappa shape index (κ2) is 8.55. The number of nitrogens with one attached hydrogen (secondary N) is 1. The minimum Gasteiger partial charge on any atom is -0.397 e. The van der Waals surface area contributed by atoms with Crippen molar-refractivity contribution < 1.29 is 4.79 Å². The summed E-state index contributed by atoms with van der Waals surface area (Å²) in [5, 5.41) is 2.87. The molecule has 0 radical (unpaired) electrons. The Morgan fingerprint density at radius 2 is 1.90 bits per heavy atom. The van der Waals surface area contributed by atoms with Crippen LogP contribution >= 0.6 is 0 Å². The van der Waals surface area contributed by atoms with Crippen LogP contribution in [0.1, 0.15) is 13.3 Å². The maximum absolute atomic E-state index is 12.1. The van der Waals surface area contributed by atoms with Gasteiger partial charge in [-0.05, 0) is 39.2 Å². The van der Waals surface area contributed by atoms with Gasteiger partial charge in [0.2, 0.25) is 5.91 Å². The number of amides is 1. The van der Waals surface area contributed by atoms with Gasteiger partial charge in [0.05, 0.1) is 17.9 Å². The largest absolute Gasteiger partial charge is 0.397 e. The summed E-state index contributed by atoms with van der Waals surface area (Å²) in [6.45, 7) is 5.27. The summed E-state index contributed by atoms with van der Waals surface area (Å²) in [6, 6.07) is 7.32. The Morgan fingerprint density at radius 1 is 1.20 bits per heavy atom. The predicted octanol–water partition coefficient (Wildman–Crippen LogP) is 1.48. The molecule has 0 aromatic heterocycles. The fraction of sp³-hybridized carbons (Fsp3) is 0.533. The molecule has 5 heteroatoms. The molecule has 0 aliphatic heterocycles. The quantitative estimate of drug-likeness (QED) is 0.707. The molecular weight excluding hydrogens is 252 g/mol. The lowest BCUT2D eigenvalue weighted by molar-refractivity contribution is -0.117. The van der Waals surface area contributed by atoms with E-state index in [0.717, 1.165) is 26.1 Å². The van der Waals surface area contributed by atoms with E-state index in [9.17, 15) is 4.79 Å². The molecule has 5 nitrogen and oxygen atoms in total. The van der Waals surface area contributed by atoms with E-state index in [1.54, 1.807) is 6.07 Å². The summed E-state index contributed by atoms with van der Waals surface area (Å²) in [5.74, 6) is -0.0184. The van der Waals surface area contributed by atoms with Crippen molar-refractivity contribution in [2.75, 3.05) is 51.3 Å². The third kappa shape index (κ3) is 6.04. The van der Waals surface area contributed by atoms with Crippen molar-refractivity contribution in [3.63, 3.8) is 0 Å². The molecule has 0 atom stereocenters. The van der Waals surface area contributed by atoms with Crippen LogP contribution in [-0.4, -0.2) is 56.0 Å². The van der Waals surface area contributed by atoms with Crippen LogP contribution in [0.25, 0.3) is 0 Å².